The van der Waals surface area contributed by atoms with Gasteiger partial charge in [0.05, 0.1) is 13.4 Å². The average Bonchev–Trinajstić information content (AvgIpc) is 1.61. The Bertz CT molecular complexity index is 86.1. The molecular weight excluding hydrogens is 112 g/mol. The predicted octanol–water partition coefficient (Wildman–Crippen LogP) is 1.90. The van der Waals surface area contributed by atoms with Gasteiger partial charge in [-0.25, -0.2) is 0 Å². The first kappa shape index (κ1) is 6.57. The third-order valence-corrected chi connectivity index (χ3v) is 0.511. The van der Waals surface area contributed by atoms with Gasteiger partial charge in [0, 0.05) is 5.03 Å². The second-order valence-corrected chi connectivity index (χ2v) is 1.47. The van der Waals surface area contributed by atoms with Crippen LogP contribution in [0.25, 0.3) is 0 Å². The van der Waals surface area contributed by atoms with Crippen LogP contribution >= 0.6 is 11.6 Å². The highest BCUT2D eigenvalue weighted by atomic mass is 35.5. The van der Waals surface area contributed by atoms with Gasteiger partial charge in [-0.3, -0.25) is 0 Å². The fraction of sp³-hybridized carbons (Fsp3) is 0.200. The van der Waals surface area contributed by atoms with Crippen molar-refractivity contribution in [3.63, 3.8) is 0 Å². The van der Waals surface area contributed by atoms with Crippen LogP contribution in [0.2, 0.25) is 0 Å². The van der Waals surface area contributed by atoms with E-state index in [-0.39, 0.29) is 0 Å². The van der Waals surface area contributed by atoms with Crippen molar-refractivity contribution in [2.75, 3.05) is 7.11 Å². The van der Waals surface area contributed by atoms with Crippen LogP contribution in [0.4, 0.5) is 0 Å². The van der Waals surface area contributed by atoms with Crippen molar-refractivity contribution in [3.8, 4) is 0 Å². The van der Waals surface area contributed by atoms with E-state index in [9.17, 15) is 0 Å². The van der Waals surface area contributed by atoms with Crippen molar-refractivity contribution in [2.24, 2.45) is 0 Å². The molecule has 0 bridgehead atoms. The molecule has 0 aliphatic heterocycles. The molecule has 0 heterocycles. The van der Waals surface area contributed by atoms with E-state index in [1.165, 1.54) is 6.26 Å². The van der Waals surface area contributed by atoms with E-state index in [2.05, 4.69) is 11.3 Å². The molecule has 0 spiro atoms. The summed E-state index contributed by atoms with van der Waals surface area (Å²) in [5.74, 6) is 0. The molecule has 1 nitrogen and oxygen atoms in total. The van der Waals surface area contributed by atoms with E-state index in [0.29, 0.717) is 5.03 Å². The summed E-state index contributed by atoms with van der Waals surface area (Å²) in [6.45, 7) is 3.39. The zero-order valence-electron chi connectivity index (χ0n) is 4.15. The highest BCUT2D eigenvalue weighted by Crippen LogP contribution is 1.96. The average molecular weight is 119 g/mol. The van der Waals surface area contributed by atoms with Gasteiger partial charge in [0.15, 0.2) is 0 Å². The maximum absolute atomic E-state index is 5.30. The first-order valence-corrected chi connectivity index (χ1v) is 2.19. The topological polar surface area (TPSA) is 9.23 Å². The molecule has 0 radical (unpaired) electrons. The van der Waals surface area contributed by atoms with Gasteiger partial charge in [-0.15, -0.1) is 0 Å². The van der Waals surface area contributed by atoms with Crippen LogP contribution in [-0.4, -0.2) is 7.11 Å². The van der Waals surface area contributed by atoms with Crippen molar-refractivity contribution >= 4 is 11.6 Å². The Kier molecular flexibility index (Phi) is 3.52. The highest BCUT2D eigenvalue weighted by Gasteiger charge is 1.71. The quantitative estimate of drug-likeness (QED) is 0.398. The van der Waals surface area contributed by atoms with Gasteiger partial charge in [-0.1, -0.05) is 18.2 Å². The second-order valence-electron chi connectivity index (χ2n) is 0.985. The molecule has 0 amide bonds. The van der Waals surface area contributed by atoms with Gasteiger partial charge in [0.25, 0.3) is 0 Å². The van der Waals surface area contributed by atoms with Gasteiger partial charge in [-0.2, -0.15) is 0 Å². The van der Waals surface area contributed by atoms with Crippen LogP contribution in [0.15, 0.2) is 23.9 Å². The van der Waals surface area contributed by atoms with Gasteiger partial charge in [0.2, 0.25) is 0 Å². The third-order valence-electron chi connectivity index (χ3n) is 0.385. The Hall–Kier alpha value is -0.430. The Balaban J connectivity index is 3.26. The van der Waals surface area contributed by atoms with Gasteiger partial charge in [0.1, 0.15) is 0 Å². The first-order chi connectivity index (χ1) is 3.27. The van der Waals surface area contributed by atoms with E-state index >= 15 is 0 Å². The minimum absolute atomic E-state index is 0.474. The highest BCUT2D eigenvalue weighted by molar-refractivity contribution is 6.30. The molecule has 0 N–H and O–H groups in total. The summed E-state index contributed by atoms with van der Waals surface area (Å²) >= 11 is 5.30. The summed E-state index contributed by atoms with van der Waals surface area (Å²) < 4.78 is 4.53. The molecule has 7 heavy (non-hydrogen) atoms. The molecule has 0 saturated carbocycles. The lowest BCUT2D eigenvalue weighted by Gasteiger charge is -1.82. The minimum Gasteiger partial charge on any atom is -0.504 e. The molecule has 0 aromatic carbocycles. The largest absolute Gasteiger partial charge is 0.504 e. The minimum atomic E-state index is 0.474. The normalized spacial score (nSPS) is 9.43. The molecule has 0 fully saturated rings. The molecule has 0 atom stereocenters. The standard InChI is InChI=1S/C5H7ClO/c1-5(6)3-4-7-2/h3-4H,1H2,2H3. The van der Waals surface area contributed by atoms with Crippen molar-refractivity contribution in [2.45, 2.75) is 0 Å². The lowest BCUT2D eigenvalue weighted by atomic mass is 10.6. The first-order valence-electron chi connectivity index (χ1n) is 1.81. The van der Waals surface area contributed by atoms with E-state index in [0.717, 1.165) is 0 Å². The zero-order valence-corrected chi connectivity index (χ0v) is 4.90. The maximum atomic E-state index is 5.30. The Morgan fingerprint density at radius 3 is 2.57 bits per heavy atom. The fourth-order valence-corrected chi connectivity index (χ4v) is 0.193. The van der Waals surface area contributed by atoms with E-state index in [1.807, 2.05) is 0 Å². The van der Waals surface area contributed by atoms with Crippen molar-refractivity contribution < 1.29 is 4.74 Å². The van der Waals surface area contributed by atoms with E-state index in [4.69, 9.17) is 11.6 Å². The molecule has 0 aliphatic carbocycles. The van der Waals surface area contributed by atoms with Crippen LogP contribution in [0.3, 0.4) is 0 Å². The lowest BCUT2D eigenvalue weighted by molar-refractivity contribution is 0.338. The van der Waals surface area contributed by atoms with Crippen LogP contribution in [0.1, 0.15) is 0 Å². The molecule has 0 aromatic heterocycles. The number of allylic oxidation sites excluding steroid dienone is 2. The summed E-state index contributed by atoms with van der Waals surface area (Å²) in [5.41, 5.74) is 0. The number of halogens is 1. The molecule has 40 valence electrons. The summed E-state index contributed by atoms with van der Waals surface area (Å²) in [4.78, 5) is 0. The number of rotatable bonds is 2. The van der Waals surface area contributed by atoms with Crippen LogP contribution in [0, 0.1) is 0 Å². The zero-order chi connectivity index (χ0) is 5.70. The smallest absolute Gasteiger partial charge is 0.0839 e. The molecule has 0 rings (SSSR count). The number of hydrogen-bond acceptors (Lipinski definition) is 1. The van der Waals surface area contributed by atoms with E-state index in [1.54, 1.807) is 13.2 Å². The molecular formula is C5H7ClO. The van der Waals surface area contributed by atoms with Crippen LogP contribution < -0.4 is 0 Å². The maximum Gasteiger partial charge on any atom is 0.0839 e. The predicted molar refractivity (Wildman–Crippen MR) is 31.1 cm³/mol. The SMILES string of the molecule is C=C(Cl)C=COC. The lowest BCUT2D eigenvalue weighted by Crippen LogP contribution is -1.62. The molecule has 0 unspecified atom stereocenters. The summed E-state index contributed by atoms with van der Waals surface area (Å²) in [5, 5.41) is 0.474. The van der Waals surface area contributed by atoms with Crippen LogP contribution in [0.5, 0.6) is 0 Å². The summed E-state index contributed by atoms with van der Waals surface area (Å²) in [6.07, 6.45) is 3.04. The Morgan fingerprint density at radius 2 is 2.43 bits per heavy atom. The van der Waals surface area contributed by atoms with Crippen molar-refractivity contribution in [1.29, 1.82) is 0 Å². The van der Waals surface area contributed by atoms with Crippen LogP contribution in [-0.2, 0) is 4.74 Å². The van der Waals surface area contributed by atoms with Gasteiger partial charge in [-0.05, 0) is 6.08 Å². The van der Waals surface area contributed by atoms with E-state index < -0.39 is 0 Å². The second kappa shape index (κ2) is 3.75. The molecule has 0 saturated heterocycles. The number of ether oxygens (including phenoxy) is 1. The molecule has 0 aliphatic rings. The van der Waals surface area contributed by atoms with Crippen molar-refractivity contribution in [3.05, 3.63) is 23.9 Å². The third kappa shape index (κ3) is 5.57. The summed E-state index contributed by atoms with van der Waals surface area (Å²) in [6, 6.07) is 0. The Morgan fingerprint density at radius 1 is 1.86 bits per heavy atom. The Labute approximate surface area is 48.2 Å². The van der Waals surface area contributed by atoms with Crippen molar-refractivity contribution in [1.82, 2.24) is 0 Å². The number of methoxy groups -OCH3 is 1. The van der Waals surface area contributed by atoms with Gasteiger partial charge < -0.3 is 4.74 Å². The summed E-state index contributed by atoms with van der Waals surface area (Å²) in [7, 11) is 1.55. The monoisotopic (exact) mass is 118 g/mol. The number of hydrogen-bond donors (Lipinski definition) is 0. The molecule has 0 aromatic rings. The van der Waals surface area contributed by atoms with Gasteiger partial charge >= 0.3 is 0 Å². The molecule has 2 heteroatoms. The fourth-order valence-electron chi connectivity index (χ4n) is 0.142.